The Balaban J connectivity index is 1.52. The molecule has 4 rings (SSSR count). The van der Waals surface area contributed by atoms with Crippen LogP contribution in [-0.2, 0) is 11.3 Å². The highest BCUT2D eigenvalue weighted by Gasteiger charge is 2.19. The summed E-state index contributed by atoms with van der Waals surface area (Å²) in [5, 5.41) is 5.89. The van der Waals surface area contributed by atoms with Gasteiger partial charge in [-0.15, -0.1) is 11.3 Å². The zero-order valence-electron chi connectivity index (χ0n) is 12.7. The molecule has 2 heterocycles. The number of hydrogen-bond donors (Lipinski definition) is 2. The van der Waals surface area contributed by atoms with Crippen molar-refractivity contribution in [1.82, 2.24) is 15.6 Å². The molecular weight excluding hydrogens is 320 g/mol. The van der Waals surface area contributed by atoms with Crippen LogP contribution in [0.2, 0.25) is 0 Å². The summed E-state index contributed by atoms with van der Waals surface area (Å²) in [4.78, 5) is 20.7. The summed E-state index contributed by atoms with van der Waals surface area (Å²) >= 11 is 1.58. The number of benzene rings is 2. The smallest absolute Gasteiger partial charge is 0.276 e. The molecule has 24 heavy (non-hydrogen) atoms. The number of aromatic nitrogens is 1. The Morgan fingerprint density at radius 1 is 1.17 bits per heavy atom. The van der Waals surface area contributed by atoms with Gasteiger partial charge in [0.05, 0.1) is 15.7 Å². The molecule has 2 N–H and O–H groups in total. The predicted octanol–water partition coefficient (Wildman–Crippen LogP) is 2.91. The second kappa shape index (κ2) is 6.25. The number of hydrogen-bond acceptors (Lipinski definition) is 5. The van der Waals surface area contributed by atoms with Crippen molar-refractivity contribution in [2.75, 3.05) is 0 Å². The SMILES string of the molecule is O=C1NC(NCc2ccccc2)=N/C1=C\c1ccc2ncsc2c1. The van der Waals surface area contributed by atoms with Crippen molar-refractivity contribution < 1.29 is 4.79 Å². The molecule has 1 aliphatic heterocycles. The van der Waals surface area contributed by atoms with Crippen molar-refractivity contribution in [3.8, 4) is 0 Å². The minimum atomic E-state index is -0.199. The number of guanidine groups is 1. The molecule has 0 aliphatic carbocycles. The average molecular weight is 334 g/mol. The molecule has 0 radical (unpaired) electrons. The molecule has 0 unspecified atom stereocenters. The quantitative estimate of drug-likeness (QED) is 0.724. The molecule has 5 nitrogen and oxygen atoms in total. The van der Waals surface area contributed by atoms with Gasteiger partial charge in [0.15, 0.2) is 0 Å². The zero-order chi connectivity index (χ0) is 16.4. The van der Waals surface area contributed by atoms with Crippen LogP contribution < -0.4 is 10.6 Å². The van der Waals surface area contributed by atoms with Crippen molar-refractivity contribution in [2.24, 2.45) is 4.99 Å². The monoisotopic (exact) mass is 334 g/mol. The number of carbonyl (C=O) groups is 1. The Bertz CT molecular complexity index is 959. The van der Waals surface area contributed by atoms with Gasteiger partial charge in [0, 0.05) is 6.54 Å². The van der Waals surface area contributed by atoms with Crippen LogP contribution in [0, 0.1) is 0 Å². The first-order valence-electron chi connectivity index (χ1n) is 7.51. The van der Waals surface area contributed by atoms with Crippen LogP contribution >= 0.6 is 11.3 Å². The van der Waals surface area contributed by atoms with Gasteiger partial charge in [-0.2, -0.15) is 0 Å². The molecule has 2 aromatic carbocycles. The molecule has 0 atom stereocenters. The molecule has 1 amide bonds. The number of thiazole rings is 1. The molecule has 118 valence electrons. The van der Waals surface area contributed by atoms with Gasteiger partial charge in [0.25, 0.3) is 5.91 Å². The first-order valence-corrected chi connectivity index (χ1v) is 8.39. The van der Waals surface area contributed by atoms with Crippen molar-refractivity contribution in [3.63, 3.8) is 0 Å². The average Bonchev–Trinajstić information content (AvgIpc) is 3.20. The first kappa shape index (κ1) is 14.6. The van der Waals surface area contributed by atoms with E-state index in [1.807, 2.05) is 54.0 Å². The minimum absolute atomic E-state index is 0.199. The van der Waals surface area contributed by atoms with Crippen LogP contribution in [-0.4, -0.2) is 16.9 Å². The van der Waals surface area contributed by atoms with E-state index in [1.54, 1.807) is 17.4 Å². The highest BCUT2D eigenvalue weighted by Crippen LogP contribution is 2.21. The van der Waals surface area contributed by atoms with E-state index in [0.717, 1.165) is 21.3 Å². The lowest BCUT2D eigenvalue weighted by atomic mass is 10.2. The Morgan fingerprint density at radius 2 is 2.04 bits per heavy atom. The number of rotatable bonds is 3. The van der Waals surface area contributed by atoms with Crippen LogP contribution in [0.15, 0.2) is 64.7 Å². The van der Waals surface area contributed by atoms with Gasteiger partial charge < -0.3 is 5.32 Å². The summed E-state index contributed by atoms with van der Waals surface area (Å²) in [5.74, 6) is 0.281. The highest BCUT2D eigenvalue weighted by molar-refractivity contribution is 7.16. The Morgan fingerprint density at radius 3 is 2.92 bits per heavy atom. The topological polar surface area (TPSA) is 66.4 Å². The summed E-state index contributed by atoms with van der Waals surface area (Å²) in [6.07, 6.45) is 1.78. The minimum Gasteiger partial charge on any atom is -0.352 e. The molecular formula is C18H14N4OS. The second-order valence-electron chi connectivity index (χ2n) is 5.36. The maximum atomic E-state index is 12.1. The van der Waals surface area contributed by atoms with Gasteiger partial charge >= 0.3 is 0 Å². The third kappa shape index (κ3) is 3.04. The maximum absolute atomic E-state index is 12.1. The van der Waals surface area contributed by atoms with Crippen LogP contribution in [0.25, 0.3) is 16.3 Å². The summed E-state index contributed by atoms with van der Waals surface area (Å²) in [5.41, 5.74) is 5.24. The van der Waals surface area contributed by atoms with E-state index in [4.69, 9.17) is 0 Å². The number of aliphatic imine (C=N–C) groups is 1. The molecule has 1 aliphatic rings. The fraction of sp³-hybridized carbons (Fsp3) is 0.0556. The van der Waals surface area contributed by atoms with E-state index in [1.165, 1.54) is 0 Å². The fourth-order valence-electron chi connectivity index (χ4n) is 2.45. The van der Waals surface area contributed by atoms with Crippen LogP contribution in [0.4, 0.5) is 0 Å². The highest BCUT2D eigenvalue weighted by atomic mass is 32.1. The van der Waals surface area contributed by atoms with E-state index in [2.05, 4.69) is 20.6 Å². The predicted molar refractivity (Wildman–Crippen MR) is 96.5 cm³/mol. The van der Waals surface area contributed by atoms with Crippen molar-refractivity contribution in [1.29, 1.82) is 0 Å². The van der Waals surface area contributed by atoms with Gasteiger partial charge in [-0.05, 0) is 29.3 Å². The van der Waals surface area contributed by atoms with Crippen molar-refractivity contribution in [2.45, 2.75) is 6.54 Å². The van der Waals surface area contributed by atoms with E-state index in [9.17, 15) is 4.79 Å². The normalized spacial score (nSPS) is 15.6. The lowest BCUT2D eigenvalue weighted by Crippen LogP contribution is -2.35. The van der Waals surface area contributed by atoms with Gasteiger partial charge in [-0.3, -0.25) is 10.1 Å². The standard InChI is InChI=1S/C18H14N4OS/c23-17-15(8-13-6-7-14-16(9-13)24-11-20-14)21-18(22-17)19-10-12-4-2-1-3-5-12/h1-9,11H,10H2,(H2,19,21,22,23)/b15-8-. The zero-order valence-corrected chi connectivity index (χ0v) is 13.5. The molecule has 0 saturated carbocycles. The number of fused-ring (bicyclic) bond motifs is 1. The van der Waals surface area contributed by atoms with Crippen molar-refractivity contribution >= 4 is 39.5 Å². The van der Waals surface area contributed by atoms with Crippen LogP contribution in [0.3, 0.4) is 0 Å². The number of amides is 1. The van der Waals surface area contributed by atoms with Gasteiger partial charge in [-0.1, -0.05) is 36.4 Å². The van der Waals surface area contributed by atoms with Crippen LogP contribution in [0.1, 0.15) is 11.1 Å². The van der Waals surface area contributed by atoms with E-state index < -0.39 is 0 Å². The molecule has 0 saturated heterocycles. The summed E-state index contributed by atoms with van der Waals surface area (Å²) in [7, 11) is 0. The Hall–Kier alpha value is -2.99. The van der Waals surface area contributed by atoms with Gasteiger partial charge in [0.2, 0.25) is 5.96 Å². The number of nitrogens with one attached hydrogen (secondary N) is 2. The van der Waals surface area contributed by atoms with E-state index >= 15 is 0 Å². The number of nitrogens with zero attached hydrogens (tertiary/aromatic N) is 2. The maximum Gasteiger partial charge on any atom is 0.276 e. The third-order valence-electron chi connectivity index (χ3n) is 3.66. The van der Waals surface area contributed by atoms with Gasteiger partial charge in [-0.25, -0.2) is 9.98 Å². The second-order valence-corrected chi connectivity index (χ2v) is 6.25. The molecule has 1 aromatic heterocycles. The van der Waals surface area contributed by atoms with Crippen LogP contribution in [0.5, 0.6) is 0 Å². The molecule has 0 fully saturated rings. The lowest BCUT2D eigenvalue weighted by Gasteiger charge is -2.04. The summed E-state index contributed by atoms with van der Waals surface area (Å²) < 4.78 is 1.09. The van der Waals surface area contributed by atoms with Crippen molar-refractivity contribution in [3.05, 3.63) is 70.9 Å². The van der Waals surface area contributed by atoms with E-state index in [-0.39, 0.29) is 5.91 Å². The lowest BCUT2D eigenvalue weighted by molar-refractivity contribution is -0.115. The first-order chi connectivity index (χ1) is 11.8. The molecule has 0 bridgehead atoms. The summed E-state index contributed by atoms with van der Waals surface area (Å²) in [6.45, 7) is 0.611. The molecule has 3 aromatic rings. The van der Waals surface area contributed by atoms with Gasteiger partial charge in [0.1, 0.15) is 5.70 Å². The largest absolute Gasteiger partial charge is 0.352 e. The van der Waals surface area contributed by atoms with E-state index in [0.29, 0.717) is 18.2 Å². The number of carbonyl (C=O) groups excluding carboxylic acids is 1. The fourth-order valence-corrected chi connectivity index (χ4v) is 3.18. The molecule has 0 spiro atoms. The summed E-state index contributed by atoms with van der Waals surface area (Å²) in [6, 6.07) is 15.9. The molecule has 6 heteroatoms. The Labute approximate surface area is 142 Å². The Kier molecular flexibility index (Phi) is 3.80. The third-order valence-corrected chi connectivity index (χ3v) is 4.45.